The number of benzene rings is 1. The van der Waals surface area contributed by atoms with Gasteiger partial charge in [0.2, 0.25) is 5.78 Å². The Bertz CT molecular complexity index is 818. The van der Waals surface area contributed by atoms with Crippen LogP contribution in [-0.4, -0.2) is 76.5 Å². The second-order valence-electron chi connectivity index (χ2n) is 8.16. The Balaban J connectivity index is 0.00000900. The van der Waals surface area contributed by atoms with Crippen molar-refractivity contribution in [2.24, 2.45) is 17.6 Å². The average Bonchev–Trinajstić information content (AvgIpc) is 2.63. The number of nitrogens with two attached hydrogens (primary N) is 1. The van der Waals surface area contributed by atoms with Gasteiger partial charge in [-0.2, -0.15) is 8.42 Å². The Morgan fingerprint density at radius 3 is 2.06 bits per heavy atom. The number of nitrogens with one attached hydrogen (secondary N) is 1. The van der Waals surface area contributed by atoms with Crippen molar-refractivity contribution in [2.45, 2.75) is 64.2 Å². The van der Waals surface area contributed by atoms with E-state index in [1.165, 1.54) is 0 Å². The van der Waals surface area contributed by atoms with Gasteiger partial charge >= 0.3 is 45.8 Å². The molecule has 1 rings (SSSR count). The van der Waals surface area contributed by atoms with Crippen molar-refractivity contribution in [3.8, 4) is 0 Å². The van der Waals surface area contributed by atoms with Crippen molar-refractivity contribution in [2.75, 3.05) is 0 Å². The van der Waals surface area contributed by atoms with Crippen molar-refractivity contribution in [1.82, 2.24) is 5.32 Å². The first-order chi connectivity index (χ1) is 13.8. The number of rotatable bonds is 11. The van der Waals surface area contributed by atoms with E-state index in [4.69, 9.17) is 10.5 Å². The van der Waals surface area contributed by atoms with E-state index in [0.717, 1.165) is 0 Å². The third-order valence-corrected chi connectivity index (χ3v) is 5.79. The molecule has 9 nitrogen and oxygen atoms in total. The molecule has 0 radical (unpaired) electrons. The minimum atomic E-state index is -5.29. The van der Waals surface area contributed by atoms with E-state index in [1.807, 2.05) is 0 Å². The fraction of sp³-hybridized carbons (Fsp3) is 0.600. The van der Waals surface area contributed by atoms with Crippen LogP contribution in [0, 0.1) is 11.8 Å². The van der Waals surface area contributed by atoms with E-state index in [1.54, 1.807) is 58.0 Å². The molecule has 172 valence electrons. The monoisotopic (exact) mass is 468 g/mol. The molecule has 1 aromatic rings. The average molecular weight is 469 g/mol. The van der Waals surface area contributed by atoms with E-state index in [2.05, 4.69) is 5.32 Å². The van der Waals surface area contributed by atoms with E-state index in [0.29, 0.717) is 5.56 Å². The first-order valence-corrected chi connectivity index (χ1v) is 11.2. The molecular weight excluding hydrogens is 435 g/mol. The summed E-state index contributed by atoms with van der Waals surface area (Å²) in [6.45, 7) is 6.87. The second kappa shape index (κ2) is 12.9. The summed E-state index contributed by atoms with van der Waals surface area (Å²) >= 11 is 0. The summed E-state index contributed by atoms with van der Waals surface area (Å²) < 4.78 is 38.7. The van der Waals surface area contributed by atoms with Crippen LogP contribution in [0.5, 0.6) is 0 Å². The Morgan fingerprint density at radius 1 is 1.10 bits per heavy atom. The predicted molar refractivity (Wildman–Crippen MR) is 119 cm³/mol. The van der Waals surface area contributed by atoms with Crippen molar-refractivity contribution >= 4 is 51.6 Å². The van der Waals surface area contributed by atoms with E-state index < -0.39 is 39.0 Å². The van der Waals surface area contributed by atoms with Gasteiger partial charge in [-0.05, 0) is 30.2 Å². The van der Waals surface area contributed by atoms with Crippen LogP contribution in [0.4, 0.5) is 4.79 Å². The molecule has 0 fully saturated rings. The molecular formula is C20H33N2NaO7S. The zero-order valence-corrected chi connectivity index (χ0v) is 18.6. The number of aliphatic hydroxyl groups is 1. The molecule has 0 saturated heterocycles. The molecule has 0 bridgehead atoms. The summed E-state index contributed by atoms with van der Waals surface area (Å²) in [6, 6.07) is 5.80. The molecule has 1 aromatic carbocycles. The van der Waals surface area contributed by atoms with Gasteiger partial charge in [0, 0.05) is 0 Å². The summed E-state index contributed by atoms with van der Waals surface area (Å²) in [4.78, 5) is 22.0. The van der Waals surface area contributed by atoms with Crippen LogP contribution < -0.4 is 11.1 Å². The van der Waals surface area contributed by atoms with Crippen molar-refractivity contribution in [3.63, 3.8) is 0 Å². The van der Waals surface area contributed by atoms with Crippen LogP contribution in [0.3, 0.4) is 0 Å². The van der Waals surface area contributed by atoms with Gasteiger partial charge in [0.05, 0.1) is 12.1 Å². The minimum absolute atomic E-state index is 0. The van der Waals surface area contributed by atoms with Gasteiger partial charge in [-0.25, -0.2) is 4.79 Å². The second-order valence-corrected chi connectivity index (χ2v) is 9.73. The number of alkyl carbamates (subject to hydrolysis) is 1. The molecule has 1 amide bonds. The zero-order chi connectivity index (χ0) is 23.1. The molecule has 2 unspecified atom stereocenters. The van der Waals surface area contributed by atoms with Crippen molar-refractivity contribution in [1.29, 1.82) is 0 Å². The van der Waals surface area contributed by atoms with Crippen LogP contribution in [0.1, 0.15) is 46.1 Å². The number of ketones is 1. The van der Waals surface area contributed by atoms with E-state index in [-0.39, 0.29) is 60.8 Å². The van der Waals surface area contributed by atoms with Crippen molar-refractivity contribution < 1.29 is 32.4 Å². The fourth-order valence-electron chi connectivity index (χ4n) is 3.03. The van der Waals surface area contributed by atoms with Crippen LogP contribution in [0.25, 0.3) is 0 Å². The van der Waals surface area contributed by atoms with Gasteiger partial charge < -0.3 is 20.9 Å². The molecule has 0 aliphatic heterocycles. The first-order valence-electron chi connectivity index (χ1n) is 9.75. The third kappa shape index (κ3) is 8.80. The SMILES string of the molecule is CC(C)CC(N)C(O)(C(=O)[C@H](CC(C)C)NC(=O)OCc1ccccc1)S(=O)(=O)O.[NaH]. The van der Waals surface area contributed by atoms with E-state index >= 15 is 0 Å². The molecule has 3 atom stereocenters. The molecule has 0 aliphatic rings. The molecule has 31 heavy (non-hydrogen) atoms. The maximum absolute atomic E-state index is 13.0. The molecule has 5 N–H and O–H groups in total. The van der Waals surface area contributed by atoms with Crippen LogP contribution in [0.15, 0.2) is 30.3 Å². The van der Waals surface area contributed by atoms with Gasteiger partial charge in [-0.3, -0.25) is 9.35 Å². The summed E-state index contributed by atoms with van der Waals surface area (Å²) in [5.74, 6) is -1.61. The maximum atomic E-state index is 13.0. The van der Waals surface area contributed by atoms with Gasteiger partial charge in [-0.1, -0.05) is 58.0 Å². The van der Waals surface area contributed by atoms with Crippen molar-refractivity contribution in [3.05, 3.63) is 35.9 Å². The normalized spacial score (nSPS) is 15.5. The Morgan fingerprint density at radius 2 is 1.61 bits per heavy atom. The van der Waals surface area contributed by atoms with E-state index in [9.17, 15) is 27.7 Å². The zero-order valence-electron chi connectivity index (χ0n) is 17.7. The topological polar surface area (TPSA) is 156 Å². The molecule has 0 heterocycles. The molecule has 0 aliphatic carbocycles. The summed E-state index contributed by atoms with van der Waals surface area (Å²) in [6.07, 6.45) is -1.01. The number of ether oxygens (including phenoxy) is 1. The molecule has 0 saturated carbocycles. The predicted octanol–water partition coefficient (Wildman–Crippen LogP) is 1.20. The Kier molecular flexibility index (Phi) is 12.5. The number of carbonyl (C=O) groups excluding carboxylic acids is 2. The molecule has 11 heteroatoms. The van der Waals surface area contributed by atoms with Gasteiger partial charge in [-0.15, -0.1) is 0 Å². The third-order valence-electron chi connectivity index (χ3n) is 4.50. The molecule has 0 spiro atoms. The fourth-order valence-corrected chi connectivity index (χ4v) is 3.90. The number of carbonyl (C=O) groups is 2. The van der Waals surface area contributed by atoms with Gasteiger partial charge in [0.1, 0.15) is 6.61 Å². The number of hydrogen-bond donors (Lipinski definition) is 4. The Labute approximate surface area is 206 Å². The standard InChI is InChI=1S/C20H32N2O7S.Na.H/c1-13(2)10-16(22-19(24)29-12-15-8-6-5-7-9-15)18(23)20(25,30(26,27)28)17(21)11-14(3)4;;/h5-9,13-14,16-17,25H,10-12,21H2,1-4H3,(H,22,24)(H,26,27,28);;/t16-,17?,20?;;/m0../s1. The Hall–Kier alpha value is -1.01. The van der Waals surface area contributed by atoms with Crippen LogP contribution >= 0.6 is 0 Å². The summed E-state index contributed by atoms with van der Waals surface area (Å²) in [7, 11) is -5.29. The quantitative estimate of drug-likeness (QED) is 0.279. The van der Waals surface area contributed by atoms with Gasteiger partial charge in [0.25, 0.3) is 4.93 Å². The first kappa shape index (κ1) is 30.0. The van der Waals surface area contributed by atoms with Crippen LogP contribution in [-0.2, 0) is 26.3 Å². The number of hydrogen-bond acceptors (Lipinski definition) is 7. The summed E-state index contributed by atoms with van der Waals surface area (Å²) in [5, 5.41) is 13.0. The molecule has 0 aromatic heterocycles. The number of amides is 1. The number of Topliss-reactive ketones (excluding diaryl/α,β-unsaturated/α-hetero) is 1. The summed E-state index contributed by atoms with van der Waals surface area (Å²) in [5.41, 5.74) is 6.54. The van der Waals surface area contributed by atoms with Crippen LogP contribution in [0.2, 0.25) is 0 Å². The van der Waals surface area contributed by atoms with Gasteiger partial charge in [0.15, 0.2) is 0 Å².